The molecule has 0 aromatic rings. The van der Waals surface area contributed by atoms with Crippen molar-refractivity contribution in [3.63, 3.8) is 0 Å². The molecule has 2 aliphatic rings. The van der Waals surface area contributed by atoms with E-state index in [1.807, 2.05) is 0 Å². The van der Waals surface area contributed by atoms with E-state index < -0.39 is 6.16 Å². The summed E-state index contributed by atoms with van der Waals surface area (Å²) in [7, 11) is 0. The van der Waals surface area contributed by atoms with E-state index in [0.29, 0.717) is 13.2 Å². The van der Waals surface area contributed by atoms with E-state index in [0.717, 1.165) is 51.4 Å². The molecule has 2 rings (SSSR count). The quantitative estimate of drug-likeness (QED) is 0.173. The molecule has 5 nitrogen and oxygen atoms in total. The summed E-state index contributed by atoms with van der Waals surface area (Å²) in [5.41, 5.74) is 0. The normalized spacial score (nSPS) is 25.7. The van der Waals surface area contributed by atoms with Crippen LogP contribution in [-0.4, -0.2) is 43.8 Å². The summed E-state index contributed by atoms with van der Waals surface area (Å²) >= 11 is 0. The standard InChI is InChI=1S/C25H38O5/c1-3-5-7-9-11-13-15-21-23(29-21)17-19-27-25(26)28-20-18-24-22(30-24)16-14-12-10-8-6-4-2/h5-8,11-14,21-24H,3-4,9-10,15-20H2,1-2H3/b7-5+,8-6+,13-11-,14-12-/t21-,22-,23+,24+/m1/s1. The average molecular weight is 419 g/mol. The lowest BCUT2D eigenvalue weighted by atomic mass is 10.2. The second-order valence-corrected chi connectivity index (χ2v) is 7.60. The zero-order valence-corrected chi connectivity index (χ0v) is 18.5. The summed E-state index contributed by atoms with van der Waals surface area (Å²) in [4.78, 5) is 11.6. The van der Waals surface area contributed by atoms with E-state index in [9.17, 15) is 4.79 Å². The lowest BCUT2D eigenvalue weighted by Crippen LogP contribution is -2.12. The molecule has 0 aromatic heterocycles. The molecule has 0 radical (unpaired) electrons. The molecule has 2 aliphatic heterocycles. The molecule has 0 spiro atoms. The van der Waals surface area contributed by atoms with E-state index >= 15 is 0 Å². The Bertz CT molecular complexity index is 542. The minimum absolute atomic E-state index is 0.194. The van der Waals surface area contributed by atoms with Crippen molar-refractivity contribution in [3.05, 3.63) is 48.6 Å². The van der Waals surface area contributed by atoms with Crippen LogP contribution >= 0.6 is 0 Å². The van der Waals surface area contributed by atoms with Crippen molar-refractivity contribution < 1.29 is 23.7 Å². The number of rotatable bonds is 16. The van der Waals surface area contributed by atoms with Crippen molar-refractivity contribution in [2.45, 2.75) is 89.6 Å². The molecule has 5 heteroatoms. The SMILES string of the molecule is CC/C=C/C/C=C\C[C@H]1O[C@H]1CCOC(=O)OCC[C@@H]1O[C@@H]1C/C=C\C/C=C/CC. The van der Waals surface area contributed by atoms with Crippen molar-refractivity contribution in [1.82, 2.24) is 0 Å². The molecule has 2 fully saturated rings. The Morgan fingerprint density at radius 1 is 0.667 bits per heavy atom. The van der Waals surface area contributed by atoms with Gasteiger partial charge in [-0.15, -0.1) is 0 Å². The second-order valence-electron chi connectivity index (χ2n) is 7.60. The van der Waals surface area contributed by atoms with Crippen molar-refractivity contribution in [1.29, 1.82) is 0 Å². The first kappa shape index (κ1) is 24.4. The maximum absolute atomic E-state index is 11.6. The summed E-state index contributed by atoms with van der Waals surface area (Å²) < 4.78 is 21.4. The van der Waals surface area contributed by atoms with E-state index in [1.165, 1.54) is 0 Å². The van der Waals surface area contributed by atoms with Gasteiger partial charge in [-0.3, -0.25) is 0 Å². The zero-order chi connectivity index (χ0) is 21.4. The molecule has 0 aliphatic carbocycles. The first-order chi connectivity index (χ1) is 14.7. The Balaban J connectivity index is 1.39. The number of allylic oxidation sites excluding steroid dienone is 6. The molecule has 0 bridgehead atoms. The van der Waals surface area contributed by atoms with E-state index in [-0.39, 0.29) is 24.4 Å². The minimum Gasteiger partial charge on any atom is -0.434 e. The van der Waals surface area contributed by atoms with Crippen LogP contribution in [0.1, 0.15) is 65.2 Å². The van der Waals surface area contributed by atoms with Crippen LogP contribution in [0.5, 0.6) is 0 Å². The van der Waals surface area contributed by atoms with E-state index in [1.54, 1.807) is 0 Å². The van der Waals surface area contributed by atoms with Gasteiger partial charge < -0.3 is 18.9 Å². The number of carbonyl (C=O) groups is 1. The zero-order valence-electron chi connectivity index (χ0n) is 18.5. The van der Waals surface area contributed by atoms with E-state index in [2.05, 4.69) is 62.5 Å². The Kier molecular flexibility index (Phi) is 12.2. The Hall–Kier alpha value is -1.85. The lowest BCUT2D eigenvalue weighted by Gasteiger charge is -2.04. The molecule has 0 N–H and O–H groups in total. The Morgan fingerprint density at radius 2 is 1.10 bits per heavy atom. The fourth-order valence-electron chi connectivity index (χ4n) is 3.18. The van der Waals surface area contributed by atoms with Gasteiger partial charge in [0.2, 0.25) is 0 Å². The predicted octanol–water partition coefficient (Wildman–Crippen LogP) is 6.06. The van der Waals surface area contributed by atoms with Gasteiger partial charge in [-0.05, 0) is 38.5 Å². The highest BCUT2D eigenvalue weighted by Crippen LogP contribution is 2.29. The molecule has 2 heterocycles. The van der Waals surface area contributed by atoms with Gasteiger partial charge in [-0.1, -0.05) is 62.5 Å². The minimum atomic E-state index is -0.602. The van der Waals surface area contributed by atoms with Gasteiger partial charge in [0.1, 0.15) is 0 Å². The van der Waals surface area contributed by atoms with Crippen LogP contribution in [-0.2, 0) is 18.9 Å². The van der Waals surface area contributed by atoms with Crippen LogP contribution in [0.3, 0.4) is 0 Å². The van der Waals surface area contributed by atoms with Crippen LogP contribution < -0.4 is 0 Å². The van der Waals surface area contributed by atoms with Gasteiger partial charge in [0.05, 0.1) is 37.6 Å². The second kappa shape index (κ2) is 15.0. The smallest absolute Gasteiger partial charge is 0.434 e. The Labute approximate surface area is 181 Å². The van der Waals surface area contributed by atoms with Gasteiger partial charge in [-0.25, -0.2) is 4.79 Å². The molecule has 0 amide bonds. The van der Waals surface area contributed by atoms with Crippen LogP contribution in [0.25, 0.3) is 0 Å². The molecular formula is C25H38O5. The number of carbonyl (C=O) groups excluding carboxylic acids is 1. The molecule has 2 saturated heterocycles. The van der Waals surface area contributed by atoms with Gasteiger partial charge in [0.15, 0.2) is 0 Å². The number of ether oxygens (including phenoxy) is 4. The van der Waals surface area contributed by atoms with E-state index in [4.69, 9.17) is 18.9 Å². The largest absolute Gasteiger partial charge is 0.508 e. The first-order valence-corrected chi connectivity index (χ1v) is 11.4. The number of hydrogen-bond acceptors (Lipinski definition) is 5. The molecule has 0 unspecified atom stereocenters. The molecule has 30 heavy (non-hydrogen) atoms. The monoisotopic (exact) mass is 418 g/mol. The summed E-state index contributed by atoms with van der Waals surface area (Å²) in [5.74, 6) is 0. The van der Waals surface area contributed by atoms with Crippen molar-refractivity contribution in [2.24, 2.45) is 0 Å². The molecule has 0 saturated carbocycles. The summed E-state index contributed by atoms with van der Waals surface area (Å²) in [6.07, 6.45) is 25.0. The summed E-state index contributed by atoms with van der Waals surface area (Å²) in [6, 6.07) is 0. The van der Waals surface area contributed by atoms with Crippen LogP contribution in [0.15, 0.2) is 48.6 Å². The predicted molar refractivity (Wildman–Crippen MR) is 119 cm³/mol. The fourth-order valence-corrected chi connectivity index (χ4v) is 3.18. The maximum atomic E-state index is 11.6. The first-order valence-electron chi connectivity index (χ1n) is 11.4. The highest BCUT2D eigenvalue weighted by Gasteiger charge is 2.38. The third-order valence-corrected chi connectivity index (χ3v) is 5.04. The maximum Gasteiger partial charge on any atom is 0.508 e. The summed E-state index contributed by atoms with van der Waals surface area (Å²) in [6.45, 7) is 4.93. The van der Waals surface area contributed by atoms with Crippen molar-refractivity contribution in [3.8, 4) is 0 Å². The van der Waals surface area contributed by atoms with Gasteiger partial charge in [-0.2, -0.15) is 0 Å². The van der Waals surface area contributed by atoms with Gasteiger partial charge >= 0.3 is 6.16 Å². The van der Waals surface area contributed by atoms with Crippen LogP contribution in [0, 0.1) is 0 Å². The Morgan fingerprint density at radius 3 is 1.53 bits per heavy atom. The topological polar surface area (TPSA) is 60.6 Å². The van der Waals surface area contributed by atoms with Crippen molar-refractivity contribution in [2.75, 3.05) is 13.2 Å². The lowest BCUT2D eigenvalue weighted by molar-refractivity contribution is 0.0512. The third kappa shape index (κ3) is 11.4. The number of epoxide rings is 2. The van der Waals surface area contributed by atoms with Gasteiger partial charge in [0.25, 0.3) is 0 Å². The number of hydrogen-bond donors (Lipinski definition) is 0. The van der Waals surface area contributed by atoms with Crippen molar-refractivity contribution >= 4 is 6.16 Å². The molecule has 4 atom stereocenters. The van der Waals surface area contributed by atoms with Gasteiger partial charge in [0, 0.05) is 12.8 Å². The summed E-state index contributed by atoms with van der Waals surface area (Å²) in [5, 5.41) is 0. The molecule has 168 valence electrons. The molecule has 0 aromatic carbocycles. The third-order valence-electron chi connectivity index (χ3n) is 5.04. The van der Waals surface area contributed by atoms with Crippen LogP contribution in [0.2, 0.25) is 0 Å². The molecular weight excluding hydrogens is 380 g/mol. The average Bonchev–Trinajstić information content (AvgIpc) is 3.65. The van der Waals surface area contributed by atoms with Crippen LogP contribution in [0.4, 0.5) is 4.79 Å². The highest BCUT2D eigenvalue weighted by atomic mass is 16.7. The fraction of sp³-hybridized carbons (Fsp3) is 0.640. The highest BCUT2D eigenvalue weighted by molar-refractivity contribution is 5.59.